The molecule has 0 unspecified atom stereocenters. The van der Waals surface area contributed by atoms with Crippen LogP contribution in [0.5, 0.6) is 5.75 Å². The van der Waals surface area contributed by atoms with Crippen LogP contribution in [-0.2, 0) is 14.8 Å². The molecule has 2 aromatic heterocycles. The number of primary amides is 1. The number of benzene rings is 1. The van der Waals surface area contributed by atoms with Crippen LogP contribution in [0.4, 0.5) is 10.1 Å². The summed E-state index contributed by atoms with van der Waals surface area (Å²) in [5.41, 5.74) is 7.30. The third-order valence-electron chi connectivity index (χ3n) is 6.99. The first-order valence-electron chi connectivity index (χ1n) is 12.3. The number of ether oxygens (including phenoxy) is 2. The van der Waals surface area contributed by atoms with Crippen molar-refractivity contribution in [2.24, 2.45) is 5.73 Å². The van der Waals surface area contributed by atoms with E-state index in [-0.39, 0.29) is 35.1 Å². The minimum Gasteiger partial charge on any atom is -0.488 e. The number of sulfonamides is 1. The number of halogens is 1. The second kappa shape index (κ2) is 9.92. The van der Waals surface area contributed by atoms with Crippen molar-refractivity contribution in [1.29, 1.82) is 0 Å². The number of anilines is 1. The highest BCUT2D eigenvalue weighted by Gasteiger charge is 2.33. The van der Waals surface area contributed by atoms with Gasteiger partial charge in [0.15, 0.2) is 0 Å². The van der Waals surface area contributed by atoms with Crippen LogP contribution in [0.1, 0.15) is 48.1 Å². The highest BCUT2D eigenvalue weighted by Crippen LogP contribution is 2.39. The number of aromatic nitrogens is 2. The molecule has 5 rings (SSSR count). The maximum absolute atomic E-state index is 14.6. The van der Waals surface area contributed by atoms with Crippen LogP contribution in [0.2, 0.25) is 0 Å². The van der Waals surface area contributed by atoms with Gasteiger partial charge in [-0.3, -0.25) is 4.79 Å². The standard InChI is InChI=1S/C25H30FN5O5S/c1-3-29(2)37(33,34)25-23(24(27)32)22-14-18(6-9-31(22)28-25)30-8-4-5-21(30)16-11-17(26)13-20(12-16)36-19-7-10-35-15-19/h6,9,11-14,19,21H,3-5,7-8,10,15H2,1-2H3,(H2,27,32)/t19-,21+/m0/s1. The van der Waals surface area contributed by atoms with Crippen molar-refractivity contribution in [3.63, 3.8) is 0 Å². The Morgan fingerprint density at radius 3 is 2.81 bits per heavy atom. The zero-order chi connectivity index (χ0) is 26.3. The summed E-state index contributed by atoms with van der Waals surface area (Å²) in [6.45, 7) is 3.72. The maximum Gasteiger partial charge on any atom is 0.262 e. The molecule has 2 fully saturated rings. The molecule has 2 aliphatic rings. The first kappa shape index (κ1) is 25.4. The molecule has 0 spiro atoms. The van der Waals surface area contributed by atoms with Gasteiger partial charge in [-0.15, -0.1) is 0 Å². The van der Waals surface area contributed by atoms with Gasteiger partial charge in [-0.2, -0.15) is 9.40 Å². The lowest BCUT2D eigenvalue weighted by Crippen LogP contribution is -2.29. The van der Waals surface area contributed by atoms with E-state index < -0.39 is 15.9 Å². The first-order valence-corrected chi connectivity index (χ1v) is 13.7. The van der Waals surface area contributed by atoms with E-state index in [0.717, 1.165) is 34.8 Å². The predicted octanol–water partition coefficient (Wildman–Crippen LogP) is 2.72. The van der Waals surface area contributed by atoms with Crippen molar-refractivity contribution in [2.45, 2.75) is 43.4 Å². The number of amides is 1. The Hall–Kier alpha value is -3.22. The molecule has 198 valence electrons. The van der Waals surface area contributed by atoms with Crippen molar-refractivity contribution in [1.82, 2.24) is 13.9 Å². The third-order valence-corrected chi connectivity index (χ3v) is 8.84. The minimum absolute atomic E-state index is 0.0944. The molecule has 1 aromatic carbocycles. The topological polar surface area (TPSA) is 119 Å². The molecule has 37 heavy (non-hydrogen) atoms. The normalized spacial score (nSPS) is 20.3. The summed E-state index contributed by atoms with van der Waals surface area (Å²) in [7, 11) is -2.59. The van der Waals surface area contributed by atoms with Gasteiger partial charge in [0, 0.05) is 44.5 Å². The number of nitrogens with zero attached hydrogens (tertiary/aromatic N) is 4. The quantitative estimate of drug-likeness (QED) is 0.475. The summed E-state index contributed by atoms with van der Waals surface area (Å²) in [6, 6.07) is 8.14. The Bertz CT molecular complexity index is 1440. The van der Waals surface area contributed by atoms with Gasteiger partial charge in [0.25, 0.3) is 15.9 Å². The molecule has 0 saturated carbocycles. The number of carbonyl (C=O) groups excluding carboxylic acids is 1. The van der Waals surface area contributed by atoms with Gasteiger partial charge in [0.1, 0.15) is 23.2 Å². The molecule has 4 heterocycles. The van der Waals surface area contributed by atoms with Crippen LogP contribution >= 0.6 is 0 Å². The monoisotopic (exact) mass is 531 g/mol. The largest absolute Gasteiger partial charge is 0.488 e. The lowest BCUT2D eigenvalue weighted by molar-refractivity contribution is 0.0998. The van der Waals surface area contributed by atoms with E-state index in [2.05, 4.69) is 10.00 Å². The molecule has 0 aliphatic carbocycles. The second-order valence-electron chi connectivity index (χ2n) is 9.35. The fourth-order valence-electron chi connectivity index (χ4n) is 4.99. The van der Waals surface area contributed by atoms with Crippen LogP contribution in [0, 0.1) is 5.82 Å². The molecule has 2 aliphatic heterocycles. The number of hydrogen-bond acceptors (Lipinski definition) is 7. The van der Waals surface area contributed by atoms with Crippen LogP contribution in [0.25, 0.3) is 5.52 Å². The molecule has 12 heteroatoms. The fraction of sp³-hybridized carbons (Fsp3) is 0.440. The lowest BCUT2D eigenvalue weighted by atomic mass is 10.0. The molecule has 0 radical (unpaired) electrons. The van der Waals surface area contributed by atoms with E-state index in [0.29, 0.717) is 31.0 Å². The Kier molecular flexibility index (Phi) is 6.82. The number of rotatable bonds is 8. The van der Waals surface area contributed by atoms with E-state index in [1.807, 2.05) is 6.07 Å². The molecule has 2 atom stereocenters. The van der Waals surface area contributed by atoms with Crippen LogP contribution in [0.3, 0.4) is 0 Å². The average Bonchev–Trinajstić information content (AvgIpc) is 3.62. The summed E-state index contributed by atoms with van der Waals surface area (Å²) in [5, 5.41) is 3.81. The Balaban J connectivity index is 1.52. The highest BCUT2D eigenvalue weighted by atomic mass is 32.2. The fourth-order valence-corrected chi connectivity index (χ4v) is 6.28. The number of fused-ring (bicyclic) bond motifs is 1. The van der Waals surface area contributed by atoms with Gasteiger partial charge in [-0.25, -0.2) is 17.3 Å². The first-order chi connectivity index (χ1) is 17.7. The molecule has 2 saturated heterocycles. The Morgan fingerprint density at radius 2 is 2.11 bits per heavy atom. The van der Waals surface area contributed by atoms with Gasteiger partial charge < -0.3 is 20.1 Å². The van der Waals surface area contributed by atoms with Crippen molar-refractivity contribution < 1.29 is 27.1 Å². The van der Waals surface area contributed by atoms with Crippen molar-refractivity contribution in [3.05, 3.63) is 53.5 Å². The average molecular weight is 532 g/mol. The smallest absolute Gasteiger partial charge is 0.262 e. The summed E-state index contributed by atoms with van der Waals surface area (Å²) < 4.78 is 54.4. The summed E-state index contributed by atoms with van der Waals surface area (Å²) >= 11 is 0. The highest BCUT2D eigenvalue weighted by molar-refractivity contribution is 7.89. The van der Waals surface area contributed by atoms with Crippen LogP contribution in [0.15, 0.2) is 41.6 Å². The van der Waals surface area contributed by atoms with Gasteiger partial charge in [-0.05, 0) is 42.7 Å². The third kappa shape index (κ3) is 4.76. The molecular weight excluding hydrogens is 501 g/mol. The summed E-state index contributed by atoms with van der Waals surface area (Å²) in [6.07, 6.45) is 3.95. The molecule has 0 bridgehead atoms. The van der Waals surface area contributed by atoms with Crippen molar-refractivity contribution >= 4 is 27.1 Å². The summed E-state index contributed by atoms with van der Waals surface area (Å²) in [5.74, 6) is -0.791. The summed E-state index contributed by atoms with van der Waals surface area (Å²) in [4.78, 5) is 14.5. The van der Waals surface area contributed by atoms with Crippen molar-refractivity contribution in [2.75, 3.05) is 38.3 Å². The lowest BCUT2D eigenvalue weighted by Gasteiger charge is -2.28. The zero-order valence-electron chi connectivity index (χ0n) is 20.8. The van der Waals surface area contributed by atoms with Gasteiger partial charge in [0.2, 0.25) is 5.03 Å². The number of pyridine rings is 1. The van der Waals surface area contributed by atoms with Gasteiger partial charge >= 0.3 is 0 Å². The minimum atomic E-state index is -4.01. The van der Waals surface area contributed by atoms with E-state index in [1.165, 1.54) is 23.7 Å². The predicted molar refractivity (Wildman–Crippen MR) is 135 cm³/mol. The molecule has 3 aromatic rings. The Morgan fingerprint density at radius 1 is 1.30 bits per heavy atom. The van der Waals surface area contributed by atoms with E-state index in [1.54, 1.807) is 25.3 Å². The van der Waals surface area contributed by atoms with E-state index in [9.17, 15) is 17.6 Å². The maximum atomic E-state index is 14.6. The second-order valence-corrected chi connectivity index (χ2v) is 11.3. The van der Waals surface area contributed by atoms with E-state index >= 15 is 0 Å². The molecule has 2 N–H and O–H groups in total. The molecule has 10 nitrogen and oxygen atoms in total. The Labute approximate surface area is 214 Å². The van der Waals surface area contributed by atoms with Gasteiger partial charge in [-0.1, -0.05) is 6.92 Å². The van der Waals surface area contributed by atoms with E-state index in [4.69, 9.17) is 15.2 Å². The molecule has 1 amide bonds. The number of nitrogens with two attached hydrogens (primary N) is 1. The van der Waals surface area contributed by atoms with Crippen LogP contribution in [-0.4, -0.2) is 67.7 Å². The van der Waals surface area contributed by atoms with Crippen molar-refractivity contribution in [3.8, 4) is 5.75 Å². The number of hydrogen-bond donors (Lipinski definition) is 1. The van der Waals surface area contributed by atoms with Gasteiger partial charge in [0.05, 0.1) is 24.8 Å². The zero-order valence-corrected chi connectivity index (χ0v) is 21.6. The SMILES string of the molecule is CCN(C)S(=O)(=O)c1nn2ccc(N3CCC[C@@H]3c3cc(F)cc(O[C@H]4CCOC4)c3)cc2c1C(N)=O. The van der Waals surface area contributed by atoms with Crippen LogP contribution < -0.4 is 15.4 Å². The molecular formula is C25H30FN5O5S. The number of carbonyl (C=O) groups is 1.